The molecule has 0 aromatic heterocycles. The Balaban J connectivity index is 2.16. The minimum absolute atomic E-state index is 0.296. The lowest BCUT2D eigenvalue weighted by molar-refractivity contribution is 0.0295. The summed E-state index contributed by atoms with van der Waals surface area (Å²) in [5.41, 5.74) is 2.58. The van der Waals surface area contributed by atoms with E-state index in [9.17, 15) is 0 Å². The zero-order valence-corrected chi connectivity index (χ0v) is 12.6. The number of fused-ring (bicyclic) bond motifs is 3. The Morgan fingerprint density at radius 1 is 1.41 bits per heavy atom. The molecule has 0 saturated carbocycles. The van der Waals surface area contributed by atoms with Gasteiger partial charge in [0.25, 0.3) is 0 Å². The molecule has 0 spiro atoms. The van der Waals surface area contributed by atoms with Crippen LogP contribution < -0.4 is 10.1 Å². The summed E-state index contributed by atoms with van der Waals surface area (Å²) in [4.78, 5) is 0. The Morgan fingerprint density at radius 3 is 3.00 bits per heavy atom. The number of rotatable bonds is 1. The Labute approximate surface area is 117 Å². The summed E-state index contributed by atoms with van der Waals surface area (Å²) in [5, 5.41) is 3.39. The largest absolute Gasteiger partial charge is 0.494 e. The molecule has 0 radical (unpaired) electrons. The smallest absolute Gasteiger partial charge is 0.147 e. The predicted molar refractivity (Wildman–Crippen MR) is 72.6 cm³/mol. The third kappa shape index (κ3) is 1.84. The fourth-order valence-corrected chi connectivity index (χ4v) is 4.51. The van der Waals surface area contributed by atoms with E-state index in [2.05, 4.69) is 43.2 Å². The van der Waals surface area contributed by atoms with Crippen LogP contribution in [0.15, 0.2) is 15.0 Å². The first kappa shape index (κ1) is 12.0. The van der Waals surface area contributed by atoms with Crippen molar-refractivity contribution in [2.75, 3.05) is 20.2 Å². The predicted octanol–water partition coefficient (Wildman–Crippen LogP) is 2.81. The molecule has 1 aromatic carbocycles. The van der Waals surface area contributed by atoms with E-state index in [0.717, 1.165) is 27.8 Å². The lowest BCUT2D eigenvalue weighted by Crippen LogP contribution is -2.27. The van der Waals surface area contributed by atoms with Gasteiger partial charge in [-0.2, -0.15) is 0 Å². The number of halogens is 2. The summed E-state index contributed by atoms with van der Waals surface area (Å²) >= 11 is 7.21. The van der Waals surface area contributed by atoms with Crippen molar-refractivity contribution in [1.82, 2.24) is 5.32 Å². The first-order chi connectivity index (χ1) is 8.22. The van der Waals surface area contributed by atoms with E-state index in [1.807, 2.05) is 0 Å². The highest BCUT2D eigenvalue weighted by molar-refractivity contribution is 9.11. The van der Waals surface area contributed by atoms with E-state index in [0.29, 0.717) is 18.6 Å². The summed E-state index contributed by atoms with van der Waals surface area (Å²) in [6.45, 7) is 2.59. The van der Waals surface area contributed by atoms with Gasteiger partial charge in [-0.05, 0) is 49.1 Å². The van der Waals surface area contributed by atoms with Gasteiger partial charge in [-0.1, -0.05) is 0 Å². The standard InChI is InChI=1S/C12H13Br2NO2/c1-16-12-8(13)2-6-5-17-9-4-15-3-7(9)10(6)11(12)14/h2,7,9,15H,3-5H2,1H3/t7-,9-/m0/s1. The lowest BCUT2D eigenvalue weighted by Gasteiger charge is -2.30. The maximum atomic E-state index is 5.87. The van der Waals surface area contributed by atoms with E-state index in [1.165, 1.54) is 11.1 Å². The van der Waals surface area contributed by atoms with E-state index in [4.69, 9.17) is 9.47 Å². The van der Waals surface area contributed by atoms with Crippen molar-refractivity contribution in [2.45, 2.75) is 18.6 Å². The third-order valence-corrected chi connectivity index (χ3v) is 4.86. The van der Waals surface area contributed by atoms with Gasteiger partial charge in [-0.3, -0.25) is 0 Å². The minimum atomic E-state index is 0.296. The van der Waals surface area contributed by atoms with Gasteiger partial charge in [-0.25, -0.2) is 0 Å². The van der Waals surface area contributed by atoms with Crippen LogP contribution in [0, 0.1) is 0 Å². The number of methoxy groups -OCH3 is 1. The van der Waals surface area contributed by atoms with Crippen LogP contribution in [0.4, 0.5) is 0 Å². The van der Waals surface area contributed by atoms with Crippen LogP contribution in [0.25, 0.3) is 0 Å². The van der Waals surface area contributed by atoms with E-state index in [-0.39, 0.29) is 0 Å². The topological polar surface area (TPSA) is 30.5 Å². The SMILES string of the molecule is COc1c(Br)cc2c(c1Br)[C@H]1CNC[C@@H]1OC2. The molecule has 17 heavy (non-hydrogen) atoms. The normalized spacial score (nSPS) is 26.5. The molecule has 1 aromatic rings. The van der Waals surface area contributed by atoms with Crippen LogP contribution in [0.3, 0.4) is 0 Å². The highest BCUT2D eigenvalue weighted by Gasteiger charge is 2.37. The molecule has 2 aliphatic heterocycles. The second-order valence-electron chi connectivity index (χ2n) is 4.39. The number of hydrogen-bond acceptors (Lipinski definition) is 3. The van der Waals surface area contributed by atoms with Crippen LogP contribution >= 0.6 is 31.9 Å². The molecule has 0 aliphatic carbocycles. The molecule has 0 bridgehead atoms. The number of hydrogen-bond donors (Lipinski definition) is 1. The third-order valence-electron chi connectivity index (χ3n) is 3.49. The van der Waals surface area contributed by atoms with Crippen LogP contribution in [0.1, 0.15) is 17.0 Å². The zero-order valence-electron chi connectivity index (χ0n) is 9.43. The number of benzene rings is 1. The van der Waals surface area contributed by atoms with Crippen molar-refractivity contribution in [2.24, 2.45) is 0 Å². The lowest BCUT2D eigenvalue weighted by atomic mass is 9.89. The van der Waals surface area contributed by atoms with Crippen molar-refractivity contribution in [3.8, 4) is 5.75 Å². The maximum absolute atomic E-state index is 5.87. The molecule has 3 rings (SSSR count). The molecular weight excluding hydrogens is 350 g/mol. The zero-order chi connectivity index (χ0) is 12.0. The fraction of sp³-hybridized carbons (Fsp3) is 0.500. The Bertz CT molecular complexity index is 464. The summed E-state index contributed by atoms with van der Waals surface area (Å²) in [7, 11) is 1.70. The molecule has 92 valence electrons. The van der Waals surface area contributed by atoms with Crippen LogP contribution in [-0.2, 0) is 11.3 Å². The molecule has 1 fully saturated rings. The van der Waals surface area contributed by atoms with Crippen molar-refractivity contribution < 1.29 is 9.47 Å². The van der Waals surface area contributed by atoms with Crippen molar-refractivity contribution in [1.29, 1.82) is 0 Å². The second-order valence-corrected chi connectivity index (χ2v) is 6.04. The quantitative estimate of drug-likeness (QED) is 0.833. The molecule has 2 heterocycles. The molecule has 5 heteroatoms. The number of ether oxygens (including phenoxy) is 2. The first-order valence-electron chi connectivity index (χ1n) is 5.59. The van der Waals surface area contributed by atoms with Crippen LogP contribution in [0.5, 0.6) is 5.75 Å². The average Bonchev–Trinajstić information content (AvgIpc) is 2.76. The van der Waals surface area contributed by atoms with Gasteiger partial charge in [0, 0.05) is 19.0 Å². The maximum Gasteiger partial charge on any atom is 0.147 e. The average molecular weight is 363 g/mol. The number of nitrogens with one attached hydrogen (secondary N) is 1. The summed E-state index contributed by atoms with van der Waals surface area (Å²) in [5.74, 6) is 1.30. The van der Waals surface area contributed by atoms with Gasteiger partial charge in [0.15, 0.2) is 0 Å². The summed E-state index contributed by atoms with van der Waals surface area (Å²) in [6.07, 6.45) is 0.296. The molecular formula is C12H13Br2NO2. The van der Waals surface area contributed by atoms with E-state index in [1.54, 1.807) is 7.11 Å². The molecule has 2 atom stereocenters. The molecule has 0 unspecified atom stereocenters. The first-order valence-corrected chi connectivity index (χ1v) is 7.18. The van der Waals surface area contributed by atoms with Gasteiger partial charge < -0.3 is 14.8 Å². The van der Waals surface area contributed by atoms with Gasteiger partial charge in [0.05, 0.1) is 28.8 Å². The van der Waals surface area contributed by atoms with Gasteiger partial charge in [-0.15, -0.1) is 0 Å². The van der Waals surface area contributed by atoms with Crippen LogP contribution in [-0.4, -0.2) is 26.3 Å². The van der Waals surface area contributed by atoms with Gasteiger partial charge in [0.1, 0.15) is 5.75 Å². The molecule has 1 saturated heterocycles. The monoisotopic (exact) mass is 361 g/mol. The molecule has 1 N–H and O–H groups in total. The molecule has 0 amide bonds. The molecule has 3 nitrogen and oxygen atoms in total. The van der Waals surface area contributed by atoms with Crippen molar-refractivity contribution in [3.05, 3.63) is 26.1 Å². The van der Waals surface area contributed by atoms with Crippen molar-refractivity contribution in [3.63, 3.8) is 0 Å². The second kappa shape index (κ2) is 4.53. The summed E-state index contributed by atoms with van der Waals surface area (Å²) < 4.78 is 13.3. The molecule has 2 aliphatic rings. The minimum Gasteiger partial charge on any atom is -0.494 e. The van der Waals surface area contributed by atoms with Crippen molar-refractivity contribution >= 4 is 31.9 Å². The highest BCUT2D eigenvalue weighted by Crippen LogP contribution is 2.45. The Morgan fingerprint density at radius 2 is 2.24 bits per heavy atom. The summed E-state index contributed by atoms with van der Waals surface area (Å²) in [6, 6.07) is 2.10. The Hall–Kier alpha value is -0.100. The van der Waals surface area contributed by atoms with Gasteiger partial charge in [0.2, 0.25) is 0 Å². The van der Waals surface area contributed by atoms with E-state index < -0.39 is 0 Å². The van der Waals surface area contributed by atoms with E-state index >= 15 is 0 Å². The van der Waals surface area contributed by atoms with Gasteiger partial charge >= 0.3 is 0 Å². The fourth-order valence-electron chi connectivity index (χ4n) is 2.69. The van der Waals surface area contributed by atoms with Crippen LogP contribution in [0.2, 0.25) is 0 Å². The Kier molecular flexibility index (Phi) is 3.19. The highest BCUT2D eigenvalue weighted by atomic mass is 79.9.